The predicted molar refractivity (Wildman–Crippen MR) is 135 cm³/mol. The molecule has 4 rings (SSSR count). The number of anilines is 1. The van der Waals surface area contributed by atoms with E-state index in [-0.39, 0.29) is 22.2 Å². The van der Waals surface area contributed by atoms with E-state index in [9.17, 15) is 27.2 Å². The molecule has 5 nitrogen and oxygen atoms in total. The Bertz CT molecular complexity index is 1480. The van der Waals surface area contributed by atoms with Crippen molar-refractivity contribution in [3.63, 3.8) is 0 Å². The molecular formula is C25H21F4N3O2S2. The highest BCUT2D eigenvalue weighted by Gasteiger charge is 2.33. The molecule has 0 aliphatic rings. The fourth-order valence-corrected chi connectivity index (χ4v) is 5.88. The molecule has 0 saturated carbocycles. The number of benzene rings is 2. The third-order valence-corrected chi connectivity index (χ3v) is 7.62. The van der Waals surface area contributed by atoms with E-state index in [1.165, 1.54) is 58.4 Å². The van der Waals surface area contributed by atoms with E-state index in [0.29, 0.717) is 15.9 Å². The number of fused-ring (bicyclic) bond motifs is 1. The molecule has 0 atom stereocenters. The lowest BCUT2D eigenvalue weighted by Crippen LogP contribution is -2.23. The van der Waals surface area contributed by atoms with Crippen molar-refractivity contribution in [3.8, 4) is 5.69 Å². The average Bonchev–Trinajstić information content (AvgIpc) is 3.14. The smallest absolute Gasteiger partial charge is 0.325 e. The third-order valence-electron chi connectivity index (χ3n) is 5.43. The first-order valence-corrected chi connectivity index (χ1v) is 12.8. The Morgan fingerprint density at radius 1 is 1.14 bits per heavy atom. The highest BCUT2D eigenvalue weighted by Crippen LogP contribution is 2.35. The Morgan fingerprint density at radius 3 is 2.50 bits per heavy atom. The van der Waals surface area contributed by atoms with Crippen molar-refractivity contribution in [1.29, 1.82) is 0 Å². The SMILES string of the molecule is CCCc1sc2nc(SCC(=O)Nc3ccccc3C(F)(F)F)n(-c3ccc(F)cc3)c(=O)c2c1C. The van der Waals surface area contributed by atoms with Crippen molar-refractivity contribution in [2.24, 2.45) is 0 Å². The summed E-state index contributed by atoms with van der Waals surface area (Å²) in [6.45, 7) is 3.89. The van der Waals surface area contributed by atoms with Gasteiger partial charge in [0, 0.05) is 4.88 Å². The van der Waals surface area contributed by atoms with Crippen LogP contribution >= 0.6 is 23.1 Å². The molecule has 2 aromatic heterocycles. The number of thiophene rings is 1. The summed E-state index contributed by atoms with van der Waals surface area (Å²) < 4.78 is 54.7. The molecule has 11 heteroatoms. The van der Waals surface area contributed by atoms with Crippen LogP contribution in [-0.2, 0) is 17.4 Å². The normalized spacial score (nSPS) is 11.7. The van der Waals surface area contributed by atoms with Gasteiger partial charge in [0.1, 0.15) is 10.6 Å². The molecule has 2 heterocycles. The van der Waals surface area contributed by atoms with Crippen LogP contribution in [0.2, 0.25) is 0 Å². The minimum atomic E-state index is -4.63. The summed E-state index contributed by atoms with van der Waals surface area (Å²) in [7, 11) is 0. The van der Waals surface area contributed by atoms with Gasteiger partial charge in [-0.1, -0.05) is 37.2 Å². The van der Waals surface area contributed by atoms with E-state index in [2.05, 4.69) is 10.3 Å². The highest BCUT2D eigenvalue weighted by atomic mass is 32.2. The monoisotopic (exact) mass is 535 g/mol. The van der Waals surface area contributed by atoms with Crippen molar-refractivity contribution in [2.45, 2.75) is 38.0 Å². The van der Waals surface area contributed by atoms with Crippen LogP contribution in [0.3, 0.4) is 0 Å². The van der Waals surface area contributed by atoms with E-state index in [0.717, 1.165) is 41.1 Å². The number of aromatic nitrogens is 2. The molecule has 0 aliphatic carbocycles. The molecular weight excluding hydrogens is 514 g/mol. The maximum absolute atomic E-state index is 13.6. The molecule has 0 spiro atoms. The minimum Gasteiger partial charge on any atom is -0.325 e. The number of para-hydroxylation sites is 1. The van der Waals surface area contributed by atoms with Crippen LogP contribution in [0.5, 0.6) is 0 Å². The molecule has 36 heavy (non-hydrogen) atoms. The highest BCUT2D eigenvalue weighted by molar-refractivity contribution is 7.99. The summed E-state index contributed by atoms with van der Waals surface area (Å²) in [6, 6.07) is 9.99. The zero-order valence-electron chi connectivity index (χ0n) is 19.3. The van der Waals surface area contributed by atoms with Gasteiger partial charge in [-0.05, 0) is 55.3 Å². The van der Waals surface area contributed by atoms with Crippen LogP contribution < -0.4 is 10.9 Å². The second-order valence-corrected chi connectivity index (χ2v) is 10.00. The van der Waals surface area contributed by atoms with E-state index in [1.54, 1.807) is 0 Å². The Balaban J connectivity index is 1.70. The molecule has 0 fully saturated rings. The Morgan fingerprint density at radius 2 is 1.83 bits per heavy atom. The maximum Gasteiger partial charge on any atom is 0.418 e. The molecule has 0 aliphatic heterocycles. The molecule has 2 aromatic carbocycles. The second kappa shape index (κ2) is 10.4. The molecule has 4 aromatic rings. The quantitative estimate of drug-likeness (QED) is 0.165. The summed E-state index contributed by atoms with van der Waals surface area (Å²) in [6.07, 6.45) is -2.95. The molecule has 0 unspecified atom stereocenters. The van der Waals surface area contributed by atoms with E-state index in [1.807, 2.05) is 13.8 Å². The van der Waals surface area contributed by atoms with Gasteiger partial charge < -0.3 is 5.32 Å². The largest absolute Gasteiger partial charge is 0.418 e. The number of hydrogen-bond donors (Lipinski definition) is 1. The number of halogens is 4. The zero-order valence-corrected chi connectivity index (χ0v) is 20.9. The Labute approximate surface area is 212 Å². The standard InChI is InChI=1S/C25H21F4N3O2S2/c1-3-6-19-14(2)21-22(36-19)31-24(32(23(21)34)16-11-9-15(26)10-12-16)35-13-20(33)30-18-8-5-4-7-17(18)25(27,28)29/h4-5,7-12H,3,6,13H2,1-2H3,(H,30,33). The van der Waals surface area contributed by atoms with Gasteiger partial charge >= 0.3 is 6.18 Å². The van der Waals surface area contributed by atoms with E-state index in [4.69, 9.17) is 0 Å². The van der Waals surface area contributed by atoms with Crippen molar-refractivity contribution < 1.29 is 22.4 Å². The lowest BCUT2D eigenvalue weighted by molar-refractivity contribution is -0.137. The Kier molecular flexibility index (Phi) is 7.51. The molecule has 1 amide bonds. The minimum absolute atomic E-state index is 0.183. The number of nitrogens with one attached hydrogen (secondary N) is 1. The zero-order chi connectivity index (χ0) is 26.0. The average molecular weight is 536 g/mol. The number of nitrogens with zero attached hydrogens (tertiary/aromatic N) is 2. The summed E-state index contributed by atoms with van der Waals surface area (Å²) in [5, 5.41) is 2.94. The molecule has 0 saturated heterocycles. The van der Waals surface area contributed by atoms with E-state index < -0.39 is 23.5 Å². The van der Waals surface area contributed by atoms with E-state index >= 15 is 0 Å². The number of carbonyl (C=O) groups is 1. The number of aryl methyl sites for hydroxylation is 2. The van der Waals surface area contributed by atoms with Gasteiger partial charge in [-0.3, -0.25) is 14.2 Å². The summed E-state index contributed by atoms with van der Waals surface area (Å²) in [5.74, 6) is -1.46. The lowest BCUT2D eigenvalue weighted by atomic mass is 10.1. The second-order valence-electron chi connectivity index (χ2n) is 7.97. The molecule has 1 N–H and O–H groups in total. The Hall–Kier alpha value is -3.18. The van der Waals surface area contributed by atoms with Crippen LogP contribution in [-0.4, -0.2) is 21.2 Å². The van der Waals surface area contributed by atoms with Gasteiger partial charge in [-0.15, -0.1) is 11.3 Å². The van der Waals surface area contributed by atoms with Gasteiger partial charge in [0.25, 0.3) is 5.56 Å². The fourth-order valence-electron chi connectivity index (χ4n) is 3.75. The number of rotatable bonds is 7. The summed E-state index contributed by atoms with van der Waals surface area (Å²) >= 11 is 2.32. The maximum atomic E-state index is 13.6. The summed E-state index contributed by atoms with van der Waals surface area (Å²) in [4.78, 5) is 32.3. The van der Waals surface area contributed by atoms with Crippen LogP contribution in [0.4, 0.5) is 23.2 Å². The lowest BCUT2D eigenvalue weighted by Gasteiger charge is -2.14. The molecule has 188 valence electrons. The first-order valence-electron chi connectivity index (χ1n) is 11.0. The fraction of sp³-hybridized carbons (Fsp3) is 0.240. The van der Waals surface area contributed by atoms with Crippen molar-refractivity contribution in [2.75, 3.05) is 11.1 Å². The molecule has 0 radical (unpaired) electrons. The topological polar surface area (TPSA) is 64.0 Å². The van der Waals surface area contributed by atoms with Gasteiger partial charge in [-0.2, -0.15) is 13.2 Å². The number of thioether (sulfide) groups is 1. The van der Waals surface area contributed by atoms with Gasteiger partial charge in [-0.25, -0.2) is 9.37 Å². The van der Waals surface area contributed by atoms with Gasteiger partial charge in [0.2, 0.25) is 5.91 Å². The molecule has 0 bridgehead atoms. The number of alkyl halides is 3. The van der Waals surface area contributed by atoms with Crippen molar-refractivity contribution >= 4 is 44.9 Å². The third kappa shape index (κ3) is 5.31. The van der Waals surface area contributed by atoms with Crippen LogP contribution in [0.25, 0.3) is 15.9 Å². The first kappa shape index (κ1) is 25.9. The van der Waals surface area contributed by atoms with Crippen LogP contribution in [0.1, 0.15) is 29.3 Å². The number of amides is 1. The predicted octanol–water partition coefficient (Wildman–Crippen LogP) is 6.60. The van der Waals surface area contributed by atoms with Crippen LogP contribution in [0.15, 0.2) is 58.5 Å². The first-order chi connectivity index (χ1) is 17.1. The van der Waals surface area contributed by atoms with Gasteiger partial charge in [0.05, 0.1) is 28.1 Å². The summed E-state index contributed by atoms with van der Waals surface area (Å²) in [5.41, 5.74) is -0.461. The number of carbonyl (C=O) groups excluding carboxylic acids is 1. The van der Waals surface area contributed by atoms with Crippen LogP contribution in [0, 0.1) is 12.7 Å². The van der Waals surface area contributed by atoms with Crippen molar-refractivity contribution in [1.82, 2.24) is 9.55 Å². The number of hydrogen-bond acceptors (Lipinski definition) is 5. The van der Waals surface area contributed by atoms with Crippen molar-refractivity contribution in [3.05, 3.63) is 80.7 Å². The van der Waals surface area contributed by atoms with Gasteiger partial charge in [0.15, 0.2) is 5.16 Å².